The quantitative estimate of drug-likeness (QED) is 0.861. The first-order chi connectivity index (χ1) is 10.1. The van der Waals surface area contributed by atoms with E-state index in [0.717, 1.165) is 23.3 Å². The molecule has 0 saturated carbocycles. The van der Waals surface area contributed by atoms with Gasteiger partial charge in [0.05, 0.1) is 0 Å². The van der Waals surface area contributed by atoms with E-state index >= 15 is 0 Å². The minimum atomic E-state index is -0.254. The van der Waals surface area contributed by atoms with E-state index in [1.54, 1.807) is 12.1 Å². The van der Waals surface area contributed by atoms with Crippen LogP contribution in [0.4, 0.5) is 4.39 Å². The fraction of sp³-hybridized carbons (Fsp3) is 0.294. The summed E-state index contributed by atoms with van der Waals surface area (Å²) in [5, 5.41) is 0.663. The van der Waals surface area contributed by atoms with Gasteiger partial charge in [-0.05, 0) is 42.7 Å². The second-order valence-electron chi connectivity index (χ2n) is 5.00. The van der Waals surface area contributed by atoms with Crippen LogP contribution in [0.25, 0.3) is 0 Å². The van der Waals surface area contributed by atoms with E-state index < -0.39 is 0 Å². The number of halogens is 2. The van der Waals surface area contributed by atoms with Gasteiger partial charge in [-0.25, -0.2) is 4.39 Å². The SMILES string of the molecule is CCC(N)Cc1c(Cl)cccc1OCc1ccc(F)cc1. The normalized spacial score (nSPS) is 12.2. The summed E-state index contributed by atoms with van der Waals surface area (Å²) in [6.45, 7) is 2.41. The van der Waals surface area contributed by atoms with E-state index in [4.69, 9.17) is 22.1 Å². The molecule has 2 rings (SSSR count). The average Bonchev–Trinajstić information content (AvgIpc) is 2.49. The lowest BCUT2D eigenvalue weighted by Crippen LogP contribution is -2.22. The summed E-state index contributed by atoms with van der Waals surface area (Å²) in [4.78, 5) is 0. The van der Waals surface area contributed by atoms with Gasteiger partial charge in [0.15, 0.2) is 0 Å². The van der Waals surface area contributed by atoms with E-state index in [0.29, 0.717) is 18.1 Å². The smallest absolute Gasteiger partial charge is 0.124 e. The van der Waals surface area contributed by atoms with Crippen LogP contribution in [0.1, 0.15) is 24.5 Å². The summed E-state index contributed by atoms with van der Waals surface area (Å²) in [7, 11) is 0. The van der Waals surface area contributed by atoms with Gasteiger partial charge in [-0.15, -0.1) is 0 Å². The van der Waals surface area contributed by atoms with Crippen molar-refractivity contribution in [2.45, 2.75) is 32.4 Å². The van der Waals surface area contributed by atoms with E-state index in [9.17, 15) is 4.39 Å². The Morgan fingerprint density at radius 1 is 1.19 bits per heavy atom. The third-order valence-corrected chi connectivity index (χ3v) is 3.73. The molecule has 0 aromatic heterocycles. The molecule has 4 heteroatoms. The monoisotopic (exact) mass is 307 g/mol. The Balaban J connectivity index is 2.12. The number of rotatable bonds is 6. The molecule has 1 atom stereocenters. The second kappa shape index (κ2) is 7.43. The Hall–Kier alpha value is -1.58. The lowest BCUT2D eigenvalue weighted by atomic mass is 10.0. The van der Waals surface area contributed by atoms with Crippen LogP contribution in [0, 0.1) is 5.82 Å². The zero-order chi connectivity index (χ0) is 15.2. The molecule has 1 unspecified atom stereocenters. The number of ether oxygens (including phenoxy) is 1. The summed E-state index contributed by atoms with van der Waals surface area (Å²) < 4.78 is 18.7. The first kappa shape index (κ1) is 15.8. The van der Waals surface area contributed by atoms with Gasteiger partial charge in [0.1, 0.15) is 18.2 Å². The summed E-state index contributed by atoms with van der Waals surface area (Å²) in [5.41, 5.74) is 7.84. The average molecular weight is 308 g/mol. The predicted molar refractivity (Wildman–Crippen MR) is 84.2 cm³/mol. The van der Waals surface area contributed by atoms with Crippen LogP contribution < -0.4 is 10.5 Å². The van der Waals surface area contributed by atoms with Crippen LogP contribution >= 0.6 is 11.6 Å². The van der Waals surface area contributed by atoms with Crippen molar-refractivity contribution in [2.75, 3.05) is 0 Å². The second-order valence-corrected chi connectivity index (χ2v) is 5.41. The van der Waals surface area contributed by atoms with Crippen molar-refractivity contribution in [3.05, 3.63) is 64.4 Å². The van der Waals surface area contributed by atoms with Crippen molar-refractivity contribution in [3.8, 4) is 5.75 Å². The first-order valence-electron chi connectivity index (χ1n) is 7.00. The minimum Gasteiger partial charge on any atom is -0.489 e. The van der Waals surface area contributed by atoms with Gasteiger partial charge in [0, 0.05) is 16.6 Å². The summed E-state index contributed by atoms with van der Waals surface area (Å²) in [5.74, 6) is 0.479. The van der Waals surface area contributed by atoms with Gasteiger partial charge >= 0.3 is 0 Å². The van der Waals surface area contributed by atoms with E-state index in [1.165, 1.54) is 12.1 Å². The van der Waals surface area contributed by atoms with Crippen LogP contribution in [0.3, 0.4) is 0 Å². The Kier molecular flexibility index (Phi) is 5.59. The predicted octanol–water partition coefficient (Wildman–Crippen LogP) is 4.34. The van der Waals surface area contributed by atoms with Gasteiger partial charge in [-0.3, -0.25) is 0 Å². The van der Waals surface area contributed by atoms with Crippen LogP contribution in [0.15, 0.2) is 42.5 Å². The highest BCUT2D eigenvalue weighted by molar-refractivity contribution is 6.31. The lowest BCUT2D eigenvalue weighted by molar-refractivity contribution is 0.302. The molecule has 0 radical (unpaired) electrons. The van der Waals surface area contributed by atoms with Gasteiger partial charge in [-0.2, -0.15) is 0 Å². The molecule has 0 fully saturated rings. The summed E-state index contributed by atoms with van der Waals surface area (Å²) in [6.07, 6.45) is 1.55. The molecule has 0 amide bonds. The third kappa shape index (κ3) is 4.45. The van der Waals surface area contributed by atoms with Crippen LogP contribution in [0.2, 0.25) is 5.02 Å². The van der Waals surface area contributed by atoms with Crippen molar-refractivity contribution >= 4 is 11.6 Å². The fourth-order valence-corrected chi connectivity index (χ4v) is 2.26. The van der Waals surface area contributed by atoms with Crippen molar-refractivity contribution in [3.63, 3.8) is 0 Å². The standard InChI is InChI=1S/C17H19ClFNO/c1-2-14(20)10-15-16(18)4-3-5-17(15)21-11-12-6-8-13(19)9-7-12/h3-9,14H,2,10-11,20H2,1H3. The molecule has 0 aliphatic heterocycles. The molecule has 112 valence electrons. The Labute approximate surface area is 129 Å². The molecule has 0 aliphatic rings. The van der Waals surface area contributed by atoms with Crippen LogP contribution in [0.5, 0.6) is 5.75 Å². The first-order valence-corrected chi connectivity index (χ1v) is 7.38. The van der Waals surface area contributed by atoms with Gasteiger partial charge < -0.3 is 10.5 Å². The Bertz CT molecular complexity index is 586. The van der Waals surface area contributed by atoms with Crippen molar-refractivity contribution in [1.29, 1.82) is 0 Å². The molecular weight excluding hydrogens is 289 g/mol. The molecular formula is C17H19ClFNO. The molecule has 2 aromatic carbocycles. The van der Waals surface area contributed by atoms with Crippen molar-refractivity contribution in [2.24, 2.45) is 5.73 Å². The maximum absolute atomic E-state index is 12.9. The zero-order valence-electron chi connectivity index (χ0n) is 12.0. The maximum atomic E-state index is 12.9. The fourth-order valence-electron chi connectivity index (χ4n) is 2.02. The van der Waals surface area contributed by atoms with E-state index in [-0.39, 0.29) is 11.9 Å². The topological polar surface area (TPSA) is 35.2 Å². The highest BCUT2D eigenvalue weighted by atomic mass is 35.5. The molecule has 2 nitrogen and oxygen atoms in total. The largest absolute Gasteiger partial charge is 0.489 e. The molecule has 0 aliphatic carbocycles. The Morgan fingerprint density at radius 2 is 1.90 bits per heavy atom. The third-order valence-electron chi connectivity index (χ3n) is 3.37. The Morgan fingerprint density at radius 3 is 2.57 bits per heavy atom. The molecule has 2 N–H and O–H groups in total. The van der Waals surface area contributed by atoms with E-state index in [1.807, 2.05) is 25.1 Å². The highest BCUT2D eigenvalue weighted by Crippen LogP contribution is 2.28. The van der Waals surface area contributed by atoms with Crippen molar-refractivity contribution in [1.82, 2.24) is 0 Å². The summed E-state index contributed by atoms with van der Waals surface area (Å²) >= 11 is 6.25. The van der Waals surface area contributed by atoms with Crippen LogP contribution in [-0.4, -0.2) is 6.04 Å². The molecule has 0 bridgehead atoms. The van der Waals surface area contributed by atoms with Crippen molar-refractivity contribution < 1.29 is 9.13 Å². The molecule has 0 saturated heterocycles. The highest BCUT2D eigenvalue weighted by Gasteiger charge is 2.12. The maximum Gasteiger partial charge on any atom is 0.124 e. The molecule has 0 heterocycles. The number of benzene rings is 2. The van der Waals surface area contributed by atoms with E-state index in [2.05, 4.69) is 0 Å². The summed E-state index contributed by atoms with van der Waals surface area (Å²) in [6, 6.07) is 11.9. The lowest BCUT2D eigenvalue weighted by Gasteiger charge is -2.16. The van der Waals surface area contributed by atoms with Gasteiger partial charge in [0.2, 0.25) is 0 Å². The minimum absolute atomic E-state index is 0.0538. The molecule has 2 aromatic rings. The van der Waals surface area contributed by atoms with Gasteiger partial charge in [0.25, 0.3) is 0 Å². The number of nitrogens with two attached hydrogens (primary N) is 1. The number of hydrogen-bond acceptors (Lipinski definition) is 2. The number of hydrogen-bond donors (Lipinski definition) is 1. The van der Waals surface area contributed by atoms with Gasteiger partial charge in [-0.1, -0.05) is 36.7 Å². The zero-order valence-corrected chi connectivity index (χ0v) is 12.7. The van der Waals surface area contributed by atoms with Crippen LogP contribution in [-0.2, 0) is 13.0 Å². The molecule has 21 heavy (non-hydrogen) atoms. The molecule has 0 spiro atoms.